The summed E-state index contributed by atoms with van der Waals surface area (Å²) in [7, 11) is 0. The highest BCUT2D eigenvalue weighted by atomic mass is 35.5. The van der Waals surface area contributed by atoms with E-state index in [0.717, 1.165) is 16.5 Å². The number of nitrogens with zero attached hydrogens (tertiary/aromatic N) is 2. The third-order valence-corrected chi connectivity index (χ3v) is 3.72. The monoisotopic (exact) mass is 326 g/mol. The predicted molar refractivity (Wildman–Crippen MR) is 92.8 cm³/mol. The molecule has 0 bridgehead atoms. The number of benzene rings is 2. The zero-order chi connectivity index (χ0) is 16.4. The van der Waals surface area contributed by atoms with Crippen LogP contribution in [0.25, 0.3) is 22.3 Å². The van der Waals surface area contributed by atoms with Crippen LogP contribution in [0.1, 0.15) is 5.56 Å². The van der Waals surface area contributed by atoms with Crippen molar-refractivity contribution in [2.75, 3.05) is 0 Å². The van der Waals surface area contributed by atoms with Crippen LogP contribution in [0.15, 0.2) is 63.2 Å². The fourth-order valence-corrected chi connectivity index (χ4v) is 2.61. The normalized spacial score (nSPS) is 11.7. The third-order valence-electron chi connectivity index (χ3n) is 3.39. The zero-order valence-electron chi connectivity index (χ0n) is 12.5. The van der Waals surface area contributed by atoms with Gasteiger partial charge < -0.3 is 15.9 Å². The van der Waals surface area contributed by atoms with Crippen molar-refractivity contribution < 1.29 is 4.42 Å². The van der Waals surface area contributed by atoms with Gasteiger partial charge in [0.25, 0.3) is 0 Å². The molecule has 0 atom stereocenters. The summed E-state index contributed by atoms with van der Waals surface area (Å²) in [6.07, 6.45) is 0. The van der Waals surface area contributed by atoms with Crippen LogP contribution in [0, 0.1) is 6.92 Å². The molecule has 0 unspecified atom stereocenters. The molecule has 0 saturated carbocycles. The second-order valence-electron chi connectivity index (χ2n) is 5.05. The molecule has 0 amide bonds. The summed E-state index contributed by atoms with van der Waals surface area (Å²) in [5.74, 6) is 0.491. The number of fused-ring (bicyclic) bond motifs is 1. The van der Waals surface area contributed by atoms with Crippen LogP contribution in [0.3, 0.4) is 0 Å². The molecule has 0 radical (unpaired) electrons. The second-order valence-corrected chi connectivity index (χ2v) is 5.46. The minimum absolute atomic E-state index is 0.105. The van der Waals surface area contributed by atoms with E-state index >= 15 is 0 Å². The van der Waals surface area contributed by atoms with Crippen LogP contribution in [-0.2, 0) is 0 Å². The first-order chi connectivity index (χ1) is 11.1. The van der Waals surface area contributed by atoms with E-state index in [0.29, 0.717) is 21.7 Å². The smallest absolute Gasteiger partial charge is 0.211 e. The number of guanidine groups is 1. The molecule has 0 aliphatic rings. The van der Waals surface area contributed by atoms with Gasteiger partial charge in [0.1, 0.15) is 16.7 Å². The summed E-state index contributed by atoms with van der Waals surface area (Å²) < 4.78 is 6.00. The van der Waals surface area contributed by atoms with Crippen LogP contribution in [0.5, 0.6) is 0 Å². The van der Waals surface area contributed by atoms with E-state index in [-0.39, 0.29) is 5.96 Å². The van der Waals surface area contributed by atoms with Gasteiger partial charge in [0.05, 0.1) is 5.02 Å². The molecule has 1 aromatic heterocycles. The van der Waals surface area contributed by atoms with Gasteiger partial charge in [-0.25, -0.2) is 0 Å². The molecule has 0 saturated heterocycles. The van der Waals surface area contributed by atoms with Crippen molar-refractivity contribution in [2.24, 2.45) is 21.7 Å². The van der Waals surface area contributed by atoms with Gasteiger partial charge in [0.2, 0.25) is 5.96 Å². The van der Waals surface area contributed by atoms with Crippen LogP contribution < -0.4 is 16.8 Å². The van der Waals surface area contributed by atoms with E-state index in [1.807, 2.05) is 43.3 Å². The van der Waals surface area contributed by atoms with Gasteiger partial charge in [-0.3, -0.25) is 0 Å². The number of hydrogen-bond donors (Lipinski definition) is 2. The van der Waals surface area contributed by atoms with Gasteiger partial charge in [0.15, 0.2) is 0 Å². The van der Waals surface area contributed by atoms with Gasteiger partial charge in [0, 0.05) is 17.0 Å². The quantitative estimate of drug-likeness (QED) is 0.430. The SMILES string of the molecule is Cc1cccc2oc(-c3ccccc3Cl)c/c(=N\N=C(N)N)c12. The second kappa shape index (κ2) is 6.14. The number of aryl methyl sites for hydroxylation is 1. The number of nitrogens with two attached hydrogens (primary N) is 2. The fraction of sp³-hybridized carbons (Fsp3) is 0.0588. The van der Waals surface area contributed by atoms with Gasteiger partial charge in [-0.1, -0.05) is 35.9 Å². The summed E-state index contributed by atoms with van der Waals surface area (Å²) in [5.41, 5.74) is 13.2. The van der Waals surface area contributed by atoms with Crippen LogP contribution in [0.4, 0.5) is 0 Å². The lowest BCUT2D eigenvalue weighted by Gasteiger charge is -2.07. The molecule has 3 aromatic rings. The lowest BCUT2D eigenvalue weighted by molar-refractivity contribution is 0.618. The van der Waals surface area contributed by atoms with Crippen molar-refractivity contribution in [3.05, 3.63) is 64.5 Å². The first-order valence-corrected chi connectivity index (χ1v) is 7.35. The first kappa shape index (κ1) is 15.1. The average molecular weight is 327 g/mol. The highest BCUT2D eigenvalue weighted by molar-refractivity contribution is 6.33. The van der Waals surface area contributed by atoms with Crippen LogP contribution in [-0.4, -0.2) is 5.96 Å². The molecule has 6 heteroatoms. The maximum Gasteiger partial charge on any atom is 0.211 e. The minimum Gasteiger partial charge on any atom is -0.456 e. The molecular weight excluding hydrogens is 312 g/mol. The lowest BCUT2D eigenvalue weighted by Crippen LogP contribution is -2.22. The van der Waals surface area contributed by atoms with E-state index in [2.05, 4.69) is 10.2 Å². The largest absolute Gasteiger partial charge is 0.456 e. The van der Waals surface area contributed by atoms with Gasteiger partial charge >= 0.3 is 0 Å². The summed E-state index contributed by atoms with van der Waals surface area (Å²) in [6.45, 7) is 1.97. The van der Waals surface area contributed by atoms with Crippen molar-refractivity contribution in [2.45, 2.75) is 6.92 Å². The predicted octanol–water partition coefficient (Wildman–Crippen LogP) is 3.15. The van der Waals surface area contributed by atoms with Crippen molar-refractivity contribution in [3.63, 3.8) is 0 Å². The Bertz CT molecular complexity index is 972. The summed E-state index contributed by atoms with van der Waals surface area (Å²) in [6, 6.07) is 15.0. The number of halogens is 1. The summed E-state index contributed by atoms with van der Waals surface area (Å²) in [4.78, 5) is 0. The van der Waals surface area contributed by atoms with Crippen LogP contribution in [0.2, 0.25) is 5.02 Å². The Kier molecular flexibility index (Phi) is 4.04. The Balaban J connectivity index is 2.38. The molecule has 3 rings (SSSR count). The minimum atomic E-state index is -0.105. The summed E-state index contributed by atoms with van der Waals surface area (Å²) in [5, 5.41) is 9.98. The van der Waals surface area contributed by atoms with Gasteiger partial charge in [-0.2, -0.15) is 0 Å². The van der Waals surface area contributed by atoms with E-state index in [9.17, 15) is 0 Å². The zero-order valence-corrected chi connectivity index (χ0v) is 13.2. The summed E-state index contributed by atoms with van der Waals surface area (Å²) >= 11 is 6.26. The number of hydrogen-bond acceptors (Lipinski definition) is 3. The topological polar surface area (TPSA) is 89.9 Å². The molecular formula is C17H15ClN4O. The molecule has 0 fully saturated rings. The molecule has 4 N–H and O–H groups in total. The van der Waals surface area contributed by atoms with Crippen molar-refractivity contribution >= 4 is 28.5 Å². The lowest BCUT2D eigenvalue weighted by atomic mass is 10.1. The average Bonchev–Trinajstić information content (AvgIpc) is 2.53. The molecule has 1 heterocycles. The highest BCUT2D eigenvalue weighted by Crippen LogP contribution is 2.29. The van der Waals surface area contributed by atoms with E-state index in [4.69, 9.17) is 27.5 Å². The molecule has 2 aromatic carbocycles. The van der Waals surface area contributed by atoms with Gasteiger partial charge in [-0.05, 0) is 30.7 Å². The Labute approximate surface area is 137 Å². The third kappa shape index (κ3) is 3.05. The highest BCUT2D eigenvalue weighted by Gasteiger charge is 2.10. The molecule has 116 valence electrons. The molecule has 0 aliphatic carbocycles. The maximum absolute atomic E-state index is 6.26. The fourth-order valence-electron chi connectivity index (χ4n) is 2.38. The van der Waals surface area contributed by atoms with E-state index in [1.54, 1.807) is 12.1 Å². The molecule has 5 nitrogen and oxygen atoms in total. The maximum atomic E-state index is 6.26. The Hall–Kier alpha value is -2.79. The Morgan fingerprint density at radius 3 is 2.61 bits per heavy atom. The first-order valence-electron chi connectivity index (χ1n) is 6.97. The van der Waals surface area contributed by atoms with E-state index < -0.39 is 0 Å². The van der Waals surface area contributed by atoms with Gasteiger partial charge in [-0.15, -0.1) is 10.2 Å². The Morgan fingerprint density at radius 2 is 1.87 bits per heavy atom. The van der Waals surface area contributed by atoms with Crippen molar-refractivity contribution in [1.82, 2.24) is 0 Å². The van der Waals surface area contributed by atoms with E-state index in [1.165, 1.54) is 0 Å². The van der Waals surface area contributed by atoms with Crippen molar-refractivity contribution in [3.8, 4) is 11.3 Å². The standard InChI is InChI=1S/C17H15ClN4O/c1-10-5-4-8-14-16(10)13(21-22-17(19)20)9-15(23-14)11-6-2-3-7-12(11)18/h2-9H,1H3,(H4,19,20,22)/b21-13+. The van der Waals surface area contributed by atoms with Crippen LogP contribution >= 0.6 is 11.6 Å². The Morgan fingerprint density at radius 1 is 1.09 bits per heavy atom. The number of rotatable bonds is 2. The molecule has 0 spiro atoms. The van der Waals surface area contributed by atoms with Crippen molar-refractivity contribution in [1.29, 1.82) is 0 Å². The molecule has 0 aliphatic heterocycles. The molecule has 23 heavy (non-hydrogen) atoms.